The average Bonchev–Trinajstić information content (AvgIpc) is 2.70. The number of anilines is 1. The van der Waals surface area contributed by atoms with Crippen molar-refractivity contribution in [1.82, 2.24) is 0 Å². The number of allylic oxidation sites excluding steroid dienone is 2. The predicted octanol–water partition coefficient (Wildman–Crippen LogP) is 2.69. The van der Waals surface area contributed by atoms with E-state index >= 15 is 0 Å². The van der Waals surface area contributed by atoms with Gasteiger partial charge in [0.2, 0.25) is 5.91 Å². The van der Waals surface area contributed by atoms with Crippen LogP contribution in [0.25, 0.3) is 0 Å². The Hall–Kier alpha value is -1.77. The topological polar surface area (TPSA) is 49.3 Å². The number of amides is 1. The Morgan fingerprint density at radius 1 is 1.50 bits per heavy atom. The van der Waals surface area contributed by atoms with Gasteiger partial charge in [0.25, 0.3) is 0 Å². The second kappa shape index (κ2) is 4.84. The highest BCUT2D eigenvalue weighted by Crippen LogP contribution is 2.21. The first-order valence-corrected chi connectivity index (χ1v) is 5.49. The maximum absolute atomic E-state index is 11.7. The van der Waals surface area contributed by atoms with Gasteiger partial charge in [0.05, 0.1) is 0 Å². The van der Waals surface area contributed by atoms with E-state index in [1.807, 2.05) is 0 Å². The van der Waals surface area contributed by atoms with Crippen molar-refractivity contribution in [1.29, 1.82) is 0 Å². The van der Waals surface area contributed by atoms with Gasteiger partial charge in [0, 0.05) is 18.2 Å². The molecule has 0 bridgehead atoms. The maximum atomic E-state index is 11.7. The van der Waals surface area contributed by atoms with Crippen molar-refractivity contribution in [2.75, 3.05) is 5.32 Å². The largest absolute Gasteiger partial charge is 0.508 e. The second-order valence-corrected chi connectivity index (χ2v) is 4.07. The molecule has 0 aromatic heterocycles. The molecule has 0 saturated heterocycles. The van der Waals surface area contributed by atoms with Gasteiger partial charge in [-0.15, -0.1) is 0 Å². The third-order valence-electron chi connectivity index (χ3n) is 2.69. The fourth-order valence-corrected chi connectivity index (χ4v) is 1.90. The summed E-state index contributed by atoms with van der Waals surface area (Å²) in [5.74, 6) is 0.540. The number of hydrogen-bond acceptors (Lipinski definition) is 2. The lowest BCUT2D eigenvalue weighted by Crippen LogP contribution is -2.14. The number of aromatic hydroxyl groups is 1. The summed E-state index contributed by atoms with van der Waals surface area (Å²) in [6.07, 6.45) is 6.87. The number of phenols is 1. The molecule has 16 heavy (non-hydrogen) atoms. The Labute approximate surface area is 94.8 Å². The SMILES string of the molecule is O=C(CC1C=CCC1)Nc1cccc(O)c1. The van der Waals surface area contributed by atoms with Crippen LogP contribution >= 0.6 is 0 Å². The number of hydrogen-bond donors (Lipinski definition) is 2. The van der Waals surface area contributed by atoms with Gasteiger partial charge in [0.15, 0.2) is 0 Å². The van der Waals surface area contributed by atoms with Gasteiger partial charge in [-0.3, -0.25) is 4.79 Å². The molecule has 84 valence electrons. The van der Waals surface area contributed by atoms with Gasteiger partial charge in [-0.2, -0.15) is 0 Å². The molecule has 1 aromatic rings. The van der Waals surface area contributed by atoms with Crippen LogP contribution in [0.5, 0.6) is 5.75 Å². The van der Waals surface area contributed by atoms with Gasteiger partial charge >= 0.3 is 0 Å². The highest BCUT2D eigenvalue weighted by atomic mass is 16.3. The van der Waals surface area contributed by atoms with Crippen LogP contribution in [0, 0.1) is 5.92 Å². The minimum Gasteiger partial charge on any atom is -0.508 e. The van der Waals surface area contributed by atoms with Gasteiger partial charge in [-0.25, -0.2) is 0 Å². The third kappa shape index (κ3) is 2.86. The number of carbonyl (C=O) groups is 1. The van der Waals surface area contributed by atoms with Gasteiger partial charge in [-0.1, -0.05) is 18.2 Å². The lowest BCUT2D eigenvalue weighted by molar-refractivity contribution is -0.116. The van der Waals surface area contributed by atoms with Crippen LogP contribution in [-0.2, 0) is 4.79 Å². The van der Waals surface area contributed by atoms with E-state index in [0.717, 1.165) is 12.8 Å². The molecule has 0 aliphatic heterocycles. The summed E-state index contributed by atoms with van der Waals surface area (Å²) in [5, 5.41) is 12.0. The van der Waals surface area contributed by atoms with Crippen molar-refractivity contribution in [2.24, 2.45) is 5.92 Å². The number of nitrogens with one attached hydrogen (secondary N) is 1. The average molecular weight is 217 g/mol. The minimum absolute atomic E-state index is 0.00199. The van der Waals surface area contributed by atoms with Crippen molar-refractivity contribution in [3.05, 3.63) is 36.4 Å². The van der Waals surface area contributed by atoms with E-state index in [4.69, 9.17) is 0 Å². The molecule has 1 aromatic carbocycles. The van der Waals surface area contributed by atoms with E-state index in [0.29, 0.717) is 18.0 Å². The zero-order valence-corrected chi connectivity index (χ0v) is 9.02. The molecule has 3 nitrogen and oxygen atoms in total. The number of benzene rings is 1. The molecule has 0 spiro atoms. The molecule has 2 N–H and O–H groups in total. The Kier molecular flexibility index (Phi) is 3.25. The van der Waals surface area contributed by atoms with Crippen molar-refractivity contribution in [2.45, 2.75) is 19.3 Å². The molecule has 1 unspecified atom stereocenters. The van der Waals surface area contributed by atoms with Crippen molar-refractivity contribution < 1.29 is 9.90 Å². The molecule has 0 radical (unpaired) electrons. The first-order valence-electron chi connectivity index (χ1n) is 5.49. The summed E-state index contributed by atoms with van der Waals surface area (Å²) in [6, 6.07) is 6.60. The van der Waals surface area contributed by atoms with Gasteiger partial charge in [0.1, 0.15) is 5.75 Å². The summed E-state index contributed by atoms with van der Waals surface area (Å²) in [7, 11) is 0. The molecule has 1 atom stereocenters. The van der Waals surface area contributed by atoms with Crippen LogP contribution in [0.2, 0.25) is 0 Å². The first kappa shape index (κ1) is 10.7. The van der Waals surface area contributed by atoms with Crippen LogP contribution in [0.1, 0.15) is 19.3 Å². The van der Waals surface area contributed by atoms with Gasteiger partial charge in [-0.05, 0) is 30.9 Å². The molecule has 0 saturated carbocycles. The predicted molar refractivity (Wildman–Crippen MR) is 63.2 cm³/mol. The van der Waals surface area contributed by atoms with Crippen LogP contribution in [0.15, 0.2) is 36.4 Å². The van der Waals surface area contributed by atoms with Crippen LogP contribution in [0.4, 0.5) is 5.69 Å². The Morgan fingerprint density at radius 3 is 3.06 bits per heavy atom. The Bertz CT molecular complexity index is 412. The molecule has 0 heterocycles. The summed E-state index contributed by atoms with van der Waals surface area (Å²) in [6.45, 7) is 0. The molecular formula is C13H15NO2. The monoisotopic (exact) mass is 217 g/mol. The standard InChI is InChI=1S/C13H15NO2/c15-12-7-3-6-11(9-12)14-13(16)8-10-4-1-2-5-10/h1,3-4,6-7,9-10,15H,2,5,8H2,(H,14,16). The highest BCUT2D eigenvalue weighted by Gasteiger charge is 2.13. The zero-order chi connectivity index (χ0) is 11.4. The molecule has 3 heteroatoms. The van der Waals surface area contributed by atoms with E-state index in [1.54, 1.807) is 24.3 Å². The first-order chi connectivity index (χ1) is 7.74. The van der Waals surface area contributed by atoms with Crippen molar-refractivity contribution >= 4 is 11.6 Å². The van der Waals surface area contributed by atoms with E-state index in [-0.39, 0.29) is 11.7 Å². The number of phenolic OH excluding ortho intramolecular Hbond substituents is 1. The van der Waals surface area contributed by atoms with Crippen molar-refractivity contribution in [3.8, 4) is 5.75 Å². The summed E-state index contributed by atoms with van der Waals surface area (Å²) >= 11 is 0. The van der Waals surface area contributed by atoms with Crippen LogP contribution in [0.3, 0.4) is 0 Å². The molecule has 1 aliphatic rings. The number of rotatable bonds is 3. The highest BCUT2D eigenvalue weighted by molar-refractivity contribution is 5.91. The molecular weight excluding hydrogens is 202 g/mol. The fourth-order valence-electron chi connectivity index (χ4n) is 1.90. The van der Waals surface area contributed by atoms with E-state index in [1.165, 1.54) is 0 Å². The quantitative estimate of drug-likeness (QED) is 0.765. The van der Waals surface area contributed by atoms with E-state index < -0.39 is 0 Å². The van der Waals surface area contributed by atoms with E-state index in [9.17, 15) is 9.90 Å². The van der Waals surface area contributed by atoms with Crippen LogP contribution in [-0.4, -0.2) is 11.0 Å². The number of carbonyl (C=O) groups excluding carboxylic acids is 1. The molecule has 0 fully saturated rings. The lowest BCUT2D eigenvalue weighted by Gasteiger charge is -2.08. The van der Waals surface area contributed by atoms with Crippen molar-refractivity contribution in [3.63, 3.8) is 0 Å². The van der Waals surface area contributed by atoms with Gasteiger partial charge < -0.3 is 10.4 Å². The molecule has 2 rings (SSSR count). The molecule has 1 amide bonds. The minimum atomic E-state index is 0.00199. The Balaban J connectivity index is 1.89. The summed E-state index contributed by atoms with van der Waals surface area (Å²) in [4.78, 5) is 11.7. The summed E-state index contributed by atoms with van der Waals surface area (Å²) in [5.41, 5.74) is 0.645. The third-order valence-corrected chi connectivity index (χ3v) is 2.69. The smallest absolute Gasteiger partial charge is 0.224 e. The zero-order valence-electron chi connectivity index (χ0n) is 9.02. The van der Waals surface area contributed by atoms with Crippen LogP contribution < -0.4 is 5.32 Å². The second-order valence-electron chi connectivity index (χ2n) is 4.07. The maximum Gasteiger partial charge on any atom is 0.224 e. The normalized spacial score (nSPS) is 18.6. The lowest BCUT2D eigenvalue weighted by atomic mass is 10.1. The Morgan fingerprint density at radius 2 is 2.38 bits per heavy atom. The fraction of sp³-hybridized carbons (Fsp3) is 0.308. The summed E-state index contributed by atoms with van der Waals surface area (Å²) < 4.78 is 0. The van der Waals surface area contributed by atoms with E-state index in [2.05, 4.69) is 17.5 Å². The molecule has 1 aliphatic carbocycles.